The number of ketones is 1. The minimum absolute atomic E-state index is 0.000533. The molecule has 0 aliphatic heterocycles. The van der Waals surface area contributed by atoms with Gasteiger partial charge in [-0.3, -0.25) is 4.79 Å². The van der Waals surface area contributed by atoms with Crippen molar-refractivity contribution < 1.29 is 33.0 Å². The number of aromatic amines is 1. The number of hydrogen-bond acceptors (Lipinski definition) is 7. The third-order valence-corrected chi connectivity index (χ3v) is 4.70. The van der Waals surface area contributed by atoms with E-state index >= 15 is 0 Å². The van der Waals surface area contributed by atoms with Gasteiger partial charge in [0.25, 0.3) is 0 Å². The van der Waals surface area contributed by atoms with E-state index in [0.717, 1.165) is 5.39 Å². The molecule has 3 aromatic rings. The Bertz CT molecular complexity index is 1110. The summed E-state index contributed by atoms with van der Waals surface area (Å²) >= 11 is 0. The van der Waals surface area contributed by atoms with Gasteiger partial charge in [-0.05, 0) is 32.4 Å². The highest BCUT2D eigenvalue weighted by Crippen LogP contribution is 2.27. The van der Waals surface area contributed by atoms with Crippen LogP contribution in [0.3, 0.4) is 0 Å². The number of esters is 2. The molecule has 0 bridgehead atoms. The van der Waals surface area contributed by atoms with E-state index in [1.807, 2.05) is 12.1 Å². The van der Waals surface area contributed by atoms with E-state index in [1.165, 1.54) is 7.11 Å². The Labute approximate surface area is 173 Å². The Morgan fingerprint density at radius 2 is 1.80 bits per heavy atom. The minimum atomic E-state index is -0.761. The first-order valence-electron chi connectivity index (χ1n) is 9.44. The summed E-state index contributed by atoms with van der Waals surface area (Å²) in [5.74, 6) is -1.74. The third-order valence-electron chi connectivity index (χ3n) is 4.70. The highest BCUT2D eigenvalue weighted by Gasteiger charge is 2.26. The number of carbonyl (C=O) groups excluding carboxylic acids is 3. The normalized spacial score (nSPS) is 10.9. The number of benzene rings is 1. The van der Waals surface area contributed by atoms with Crippen LogP contribution in [0.1, 0.15) is 55.1 Å². The molecule has 2 heterocycles. The van der Waals surface area contributed by atoms with Gasteiger partial charge in [-0.15, -0.1) is 0 Å². The Balaban J connectivity index is 1.79. The predicted molar refractivity (Wildman–Crippen MR) is 108 cm³/mol. The van der Waals surface area contributed by atoms with Gasteiger partial charge in [-0.2, -0.15) is 0 Å². The number of nitrogens with one attached hydrogen (secondary N) is 1. The second kappa shape index (κ2) is 8.96. The van der Waals surface area contributed by atoms with Gasteiger partial charge >= 0.3 is 11.9 Å². The number of aromatic nitrogens is 1. The average Bonchev–Trinajstić information content (AvgIpc) is 3.24. The van der Waals surface area contributed by atoms with Crippen molar-refractivity contribution in [2.24, 2.45) is 0 Å². The number of para-hydroxylation sites is 1. The fourth-order valence-electron chi connectivity index (χ4n) is 3.40. The summed E-state index contributed by atoms with van der Waals surface area (Å²) in [6, 6.07) is 7.17. The first-order chi connectivity index (χ1) is 14.4. The van der Waals surface area contributed by atoms with Crippen molar-refractivity contribution in [3.05, 3.63) is 58.1 Å². The molecule has 0 spiro atoms. The van der Waals surface area contributed by atoms with Gasteiger partial charge in [0.05, 0.1) is 13.2 Å². The average molecular weight is 413 g/mol. The second-order valence-corrected chi connectivity index (χ2v) is 6.68. The van der Waals surface area contributed by atoms with E-state index < -0.39 is 24.3 Å². The largest absolute Gasteiger partial charge is 0.461 e. The quantitative estimate of drug-likeness (QED) is 0.443. The molecule has 0 saturated heterocycles. The Morgan fingerprint density at radius 1 is 1.07 bits per heavy atom. The first kappa shape index (κ1) is 21.3. The van der Waals surface area contributed by atoms with Crippen LogP contribution in [0.4, 0.5) is 0 Å². The molecule has 0 saturated carbocycles. The number of Topliss-reactive ketones (excluding diaryl/α,β-unsaturated/α-hetero) is 1. The fraction of sp³-hybridized carbons (Fsp3) is 0.318. The topological polar surface area (TPSA) is 108 Å². The summed E-state index contributed by atoms with van der Waals surface area (Å²) in [5, 5.41) is 0.744. The van der Waals surface area contributed by atoms with Crippen molar-refractivity contribution in [3.8, 4) is 0 Å². The zero-order valence-electron chi connectivity index (χ0n) is 17.3. The zero-order valence-corrected chi connectivity index (χ0v) is 17.3. The SMILES string of the molecule is CCOC(=O)c1[nH]c(C)c(C(=O)COC(=O)c2oc3ccccc3c2COC)c1C. The van der Waals surface area contributed by atoms with Crippen molar-refractivity contribution in [3.63, 3.8) is 0 Å². The van der Waals surface area contributed by atoms with Crippen molar-refractivity contribution >= 4 is 28.7 Å². The lowest BCUT2D eigenvalue weighted by atomic mass is 10.1. The Kier molecular flexibility index (Phi) is 6.37. The predicted octanol–water partition coefficient (Wildman–Crippen LogP) is 3.74. The molecule has 0 radical (unpaired) electrons. The number of rotatable bonds is 8. The molecule has 0 fully saturated rings. The number of carbonyl (C=O) groups is 3. The molecule has 0 unspecified atom stereocenters. The van der Waals surface area contributed by atoms with E-state index in [9.17, 15) is 14.4 Å². The number of furan rings is 1. The van der Waals surface area contributed by atoms with E-state index in [1.54, 1.807) is 32.9 Å². The molecule has 1 N–H and O–H groups in total. The monoisotopic (exact) mass is 413 g/mol. The summed E-state index contributed by atoms with van der Waals surface area (Å²) in [5.41, 5.74) is 2.55. The van der Waals surface area contributed by atoms with Crippen LogP contribution < -0.4 is 0 Å². The van der Waals surface area contributed by atoms with Gasteiger partial charge in [-0.1, -0.05) is 18.2 Å². The van der Waals surface area contributed by atoms with Crippen molar-refractivity contribution in [1.29, 1.82) is 0 Å². The smallest absolute Gasteiger partial charge is 0.375 e. The van der Waals surface area contributed by atoms with Crippen LogP contribution in [0, 0.1) is 13.8 Å². The molecule has 158 valence electrons. The molecule has 8 heteroatoms. The van der Waals surface area contributed by atoms with Gasteiger partial charge in [0, 0.05) is 29.3 Å². The standard InChI is InChI=1S/C22H23NO7/c1-5-28-21(25)19-12(2)18(13(3)23-19)16(24)11-29-22(26)20-15(10-27-4)14-8-6-7-9-17(14)30-20/h6-9,23H,5,10-11H2,1-4H3. The van der Waals surface area contributed by atoms with Gasteiger partial charge in [0.2, 0.25) is 11.5 Å². The number of fused-ring (bicyclic) bond motifs is 1. The van der Waals surface area contributed by atoms with Crippen LogP contribution >= 0.6 is 0 Å². The lowest BCUT2D eigenvalue weighted by Crippen LogP contribution is -2.16. The molecule has 0 amide bonds. The highest BCUT2D eigenvalue weighted by molar-refractivity contribution is 6.04. The molecule has 30 heavy (non-hydrogen) atoms. The minimum Gasteiger partial charge on any atom is -0.461 e. The number of H-pyrrole nitrogens is 1. The van der Waals surface area contributed by atoms with Gasteiger partial charge in [0.15, 0.2) is 6.61 Å². The van der Waals surface area contributed by atoms with Crippen molar-refractivity contribution in [2.45, 2.75) is 27.4 Å². The third kappa shape index (κ3) is 3.99. The van der Waals surface area contributed by atoms with E-state index in [2.05, 4.69) is 4.98 Å². The van der Waals surface area contributed by atoms with Gasteiger partial charge < -0.3 is 23.6 Å². The fourth-order valence-corrected chi connectivity index (χ4v) is 3.40. The molecule has 2 aromatic heterocycles. The molecule has 0 aliphatic rings. The maximum Gasteiger partial charge on any atom is 0.375 e. The molecule has 0 aliphatic carbocycles. The second-order valence-electron chi connectivity index (χ2n) is 6.68. The summed E-state index contributed by atoms with van der Waals surface area (Å²) < 4.78 is 21.0. The van der Waals surface area contributed by atoms with E-state index in [-0.39, 0.29) is 24.7 Å². The van der Waals surface area contributed by atoms with E-state index in [4.69, 9.17) is 18.6 Å². The number of hydrogen-bond donors (Lipinski definition) is 1. The highest BCUT2D eigenvalue weighted by atomic mass is 16.5. The summed E-state index contributed by atoms with van der Waals surface area (Å²) in [4.78, 5) is 40.2. The number of ether oxygens (including phenoxy) is 3. The van der Waals surface area contributed by atoms with Crippen LogP contribution in [0.15, 0.2) is 28.7 Å². The van der Waals surface area contributed by atoms with Crippen LogP contribution in [-0.2, 0) is 20.8 Å². The lowest BCUT2D eigenvalue weighted by molar-refractivity contribution is 0.0440. The maximum atomic E-state index is 12.7. The first-order valence-corrected chi connectivity index (χ1v) is 9.44. The number of methoxy groups -OCH3 is 1. The van der Waals surface area contributed by atoms with E-state index in [0.29, 0.717) is 28.0 Å². The zero-order chi connectivity index (χ0) is 21.8. The molecular formula is C22H23NO7. The molecule has 0 atom stereocenters. The van der Waals surface area contributed by atoms with Gasteiger partial charge in [-0.25, -0.2) is 9.59 Å². The van der Waals surface area contributed by atoms with Crippen LogP contribution in [-0.4, -0.2) is 43.0 Å². The maximum absolute atomic E-state index is 12.7. The van der Waals surface area contributed by atoms with Crippen LogP contribution in [0.2, 0.25) is 0 Å². The Hall–Kier alpha value is -3.39. The van der Waals surface area contributed by atoms with Crippen molar-refractivity contribution in [2.75, 3.05) is 20.3 Å². The van der Waals surface area contributed by atoms with Crippen LogP contribution in [0.25, 0.3) is 11.0 Å². The summed E-state index contributed by atoms with van der Waals surface area (Å²) in [7, 11) is 1.51. The molecule has 8 nitrogen and oxygen atoms in total. The Morgan fingerprint density at radius 3 is 2.50 bits per heavy atom. The molecule has 1 aromatic carbocycles. The molecular weight excluding hydrogens is 390 g/mol. The van der Waals surface area contributed by atoms with Crippen LogP contribution in [0.5, 0.6) is 0 Å². The molecule has 3 rings (SSSR count). The van der Waals surface area contributed by atoms with Gasteiger partial charge in [0.1, 0.15) is 11.3 Å². The summed E-state index contributed by atoms with van der Waals surface area (Å²) in [6.45, 7) is 4.89. The summed E-state index contributed by atoms with van der Waals surface area (Å²) in [6.07, 6.45) is 0. The van der Waals surface area contributed by atoms with Crippen molar-refractivity contribution in [1.82, 2.24) is 4.98 Å². The lowest BCUT2D eigenvalue weighted by Gasteiger charge is -2.05. The number of aryl methyl sites for hydroxylation is 1.